The Labute approximate surface area is 159 Å². The highest BCUT2D eigenvalue weighted by molar-refractivity contribution is 9.10. The second-order valence-electron chi connectivity index (χ2n) is 5.66. The lowest BCUT2D eigenvalue weighted by Crippen LogP contribution is -1.95. The molecule has 5 heteroatoms. The molecular weight excluding hydrogens is 392 g/mol. The minimum atomic E-state index is 0.224. The smallest absolute Gasteiger partial charge is 0.254 e. The molecule has 128 valence electrons. The van der Waals surface area contributed by atoms with Crippen molar-refractivity contribution in [3.05, 3.63) is 89.2 Å². The Morgan fingerprint density at radius 2 is 1.46 bits per heavy atom. The molecule has 4 aromatic rings. The van der Waals surface area contributed by atoms with E-state index in [1.165, 1.54) is 5.56 Å². The first-order valence-corrected chi connectivity index (χ1v) is 8.94. The fraction of sp³-hybridized carbons (Fsp3) is 0.0476. The number of aromatic nitrogens is 2. The maximum atomic E-state index is 5.75. The van der Waals surface area contributed by atoms with E-state index in [1.54, 1.807) is 0 Å². The van der Waals surface area contributed by atoms with Gasteiger partial charge in [-0.25, -0.2) is 0 Å². The number of benzene rings is 3. The van der Waals surface area contributed by atoms with Gasteiger partial charge in [-0.15, -0.1) is 10.2 Å². The van der Waals surface area contributed by atoms with Gasteiger partial charge in [0.25, 0.3) is 5.89 Å². The second-order valence-corrected chi connectivity index (χ2v) is 6.51. The molecule has 4 rings (SSSR count). The molecule has 4 nitrogen and oxygen atoms in total. The Morgan fingerprint density at radius 3 is 2.23 bits per heavy atom. The van der Waals surface area contributed by atoms with Crippen LogP contribution in [0.5, 0.6) is 5.75 Å². The molecule has 0 atom stereocenters. The third-order valence-electron chi connectivity index (χ3n) is 3.89. The van der Waals surface area contributed by atoms with E-state index in [1.807, 2.05) is 66.7 Å². The average molecular weight is 407 g/mol. The standard InChI is InChI=1S/C21H15BrN2O2/c22-19-9-5-4-8-18(19)21-24-23-20(26-21)14-25-17-12-10-16(11-13-17)15-6-2-1-3-7-15/h1-13H,14H2. The molecule has 0 saturated carbocycles. The molecule has 0 radical (unpaired) electrons. The number of ether oxygens (including phenoxy) is 1. The van der Waals surface area contributed by atoms with E-state index in [-0.39, 0.29) is 6.61 Å². The summed E-state index contributed by atoms with van der Waals surface area (Å²) < 4.78 is 12.4. The van der Waals surface area contributed by atoms with Crippen LogP contribution in [0.25, 0.3) is 22.6 Å². The van der Waals surface area contributed by atoms with E-state index >= 15 is 0 Å². The van der Waals surface area contributed by atoms with Crippen LogP contribution in [-0.4, -0.2) is 10.2 Å². The highest BCUT2D eigenvalue weighted by atomic mass is 79.9. The first-order chi connectivity index (χ1) is 12.8. The first kappa shape index (κ1) is 16.5. The molecule has 0 spiro atoms. The maximum absolute atomic E-state index is 5.75. The monoisotopic (exact) mass is 406 g/mol. The van der Waals surface area contributed by atoms with Crippen molar-refractivity contribution in [1.82, 2.24) is 10.2 Å². The summed E-state index contributed by atoms with van der Waals surface area (Å²) in [6.45, 7) is 0.224. The first-order valence-electron chi connectivity index (χ1n) is 8.15. The van der Waals surface area contributed by atoms with Crippen LogP contribution in [0, 0.1) is 0 Å². The molecule has 1 heterocycles. The maximum Gasteiger partial charge on any atom is 0.254 e. The summed E-state index contributed by atoms with van der Waals surface area (Å²) in [7, 11) is 0. The van der Waals surface area contributed by atoms with Crippen molar-refractivity contribution in [3.8, 4) is 28.3 Å². The summed E-state index contributed by atoms with van der Waals surface area (Å²) in [6, 6.07) is 25.9. The number of hydrogen-bond donors (Lipinski definition) is 0. The van der Waals surface area contributed by atoms with Crippen LogP contribution in [0.4, 0.5) is 0 Å². The van der Waals surface area contributed by atoms with Crippen molar-refractivity contribution in [2.24, 2.45) is 0 Å². The lowest BCUT2D eigenvalue weighted by Gasteiger charge is -2.05. The lowest BCUT2D eigenvalue weighted by molar-refractivity contribution is 0.264. The summed E-state index contributed by atoms with van der Waals surface area (Å²) in [6.07, 6.45) is 0. The summed E-state index contributed by atoms with van der Waals surface area (Å²) in [5.74, 6) is 1.66. The second kappa shape index (κ2) is 7.54. The van der Waals surface area contributed by atoms with Crippen molar-refractivity contribution in [2.75, 3.05) is 0 Å². The SMILES string of the molecule is Brc1ccccc1-c1nnc(COc2ccc(-c3ccccc3)cc2)o1. The summed E-state index contributed by atoms with van der Waals surface area (Å²) in [4.78, 5) is 0. The van der Waals surface area contributed by atoms with Crippen molar-refractivity contribution in [3.63, 3.8) is 0 Å². The average Bonchev–Trinajstić information content (AvgIpc) is 3.17. The van der Waals surface area contributed by atoms with Crippen molar-refractivity contribution in [1.29, 1.82) is 0 Å². The van der Waals surface area contributed by atoms with Crippen molar-refractivity contribution >= 4 is 15.9 Å². The van der Waals surface area contributed by atoms with Crippen LogP contribution in [0.1, 0.15) is 5.89 Å². The fourth-order valence-electron chi connectivity index (χ4n) is 2.57. The van der Waals surface area contributed by atoms with E-state index in [2.05, 4.69) is 38.3 Å². The Hall–Kier alpha value is -2.92. The number of hydrogen-bond acceptors (Lipinski definition) is 4. The van der Waals surface area contributed by atoms with Gasteiger partial charge in [0.15, 0.2) is 6.61 Å². The predicted molar refractivity (Wildman–Crippen MR) is 104 cm³/mol. The van der Waals surface area contributed by atoms with Gasteiger partial charge in [-0.05, 0) is 51.3 Å². The van der Waals surface area contributed by atoms with E-state index in [9.17, 15) is 0 Å². The molecule has 1 aromatic heterocycles. The Kier molecular flexibility index (Phi) is 4.80. The molecule has 0 bridgehead atoms. The molecular formula is C21H15BrN2O2. The molecule has 0 aliphatic carbocycles. The molecule has 0 aliphatic heterocycles. The summed E-state index contributed by atoms with van der Waals surface area (Å²) in [5, 5.41) is 8.14. The minimum absolute atomic E-state index is 0.224. The van der Waals surface area contributed by atoms with Gasteiger partial charge >= 0.3 is 0 Å². The van der Waals surface area contributed by atoms with Gasteiger partial charge < -0.3 is 9.15 Å². The number of nitrogens with zero attached hydrogens (tertiary/aromatic N) is 2. The fourth-order valence-corrected chi connectivity index (χ4v) is 3.03. The third-order valence-corrected chi connectivity index (χ3v) is 4.59. The number of halogens is 1. The van der Waals surface area contributed by atoms with Crippen molar-refractivity contribution < 1.29 is 9.15 Å². The largest absolute Gasteiger partial charge is 0.484 e. The Morgan fingerprint density at radius 1 is 0.769 bits per heavy atom. The van der Waals surface area contributed by atoms with Gasteiger partial charge in [0.2, 0.25) is 5.89 Å². The zero-order chi connectivity index (χ0) is 17.8. The Bertz CT molecular complexity index is 998. The quantitative estimate of drug-likeness (QED) is 0.423. The van der Waals surface area contributed by atoms with Gasteiger partial charge in [-0.3, -0.25) is 0 Å². The van der Waals surface area contributed by atoms with E-state index < -0.39 is 0 Å². The van der Waals surface area contributed by atoms with Crippen LogP contribution in [-0.2, 0) is 6.61 Å². The summed E-state index contributed by atoms with van der Waals surface area (Å²) >= 11 is 3.48. The highest BCUT2D eigenvalue weighted by Gasteiger charge is 2.11. The summed E-state index contributed by atoms with van der Waals surface area (Å²) in [5.41, 5.74) is 3.18. The normalized spacial score (nSPS) is 10.7. The molecule has 0 N–H and O–H groups in total. The zero-order valence-corrected chi connectivity index (χ0v) is 15.4. The van der Waals surface area contributed by atoms with E-state index in [4.69, 9.17) is 9.15 Å². The molecule has 26 heavy (non-hydrogen) atoms. The molecule has 0 fully saturated rings. The Balaban J connectivity index is 1.43. The minimum Gasteiger partial charge on any atom is -0.484 e. The van der Waals surface area contributed by atoms with Gasteiger partial charge in [0.05, 0.1) is 5.56 Å². The lowest BCUT2D eigenvalue weighted by atomic mass is 10.1. The van der Waals surface area contributed by atoms with E-state index in [0.717, 1.165) is 21.3 Å². The zero-order valence-electron chi connectivity index (χ0n) is 13.8. The topological polar surface area (TPSA) is 48.2 Å². The molecule has 0 aliphatic rings. The molecule has 0 amide bonds. The van der Waals surface area contributed by atoms with Crippen LogP contribution in [0.2, 0.25) is 0 Å². The van der Waals surface area contributed by atoms with Gasteiger partial charge in [-0.2, -0.15) is 0 Å². The highest BCUT2D eigenvalue weighted by Crippen LogP contribution is 2.27. The van der Waals surface area contributed by atoms with E-state index in [0.29, 0.717) is 11.8 Å². The van der Waals surface area contributed by atoms with Crippen LogP contribution in [0.15, 0.2) is 87.8 Å². The van der Waals surface area contributed by atoms with Crippen LogP contribution in [0.3, 0.4) is 0 Å². The predicted octanol–water partition coefficient (Wildman–Crippen LogP) is 5.75. The third kappa shape index (κ3) is 3.68. The molecule has 0 saturated heterocycles. The van der Waals surface area contributed by atoms with Gasteiger partial charge in [-0.1, -0.05) is 54.6 Å². The molecule has 3 aromatic carbocycles. The number of rotatable bonds is 5. The van der Waals surface area contributed by atoms with Gasteiger partial charge in [0.1, 0.15) is 5.75 Å². The van der Waals surface area contributed by atoms with Gasteiger partial charge in [0, 0.05) is 4.47 Å². The van der Waals surface area contributed by atoms with Crippen molar-refractivity contribution in [2.45, 2.75) is 6.61 Å². The van der Waals surface area contributed by atoms with Crippen LogP contribution >= 0.6 is 15.9 Å². The molecule has 0 unspecified atom stereocenters. The van der Waals surface area contributed by atoms with Crippen LogP contribution < -0.4 is 4.74 Å².